The van der Waals surface area contributed by atoms with Crippen LogP contribution in [0.2, 0.25) is 0 Å². The van der Waals surface area contributed by atoms with Gasteiger partial charge in [0.15, 0.2) is 16.1 Å². The predicted molar refractivity (Wildman–Crippen MR) is 398 cm³/mol. The first-order valence-electron chi connectivity index (χ1n) is 32.5. The van der Waals surface area contributed by atoms with Crippen LogP contribution >= 0.6 is 0 Å². The van der Waals surface area contributed by atoms with E-state index in [0.29, 0.717) is 0 Å². The summed E-state index contributed by atoms with van der Waals surface area (Å²) in [5.74, 6) is 0. The van der Waals surface area contributed by atoms with Crippen molar-refractivity contribution >= 4 is 90.0 Å². The normalized spacial score (nSPS) is 13.6. The lowest BCUT2D eigenvalue weighted by Gasteiger charge is -2.35. The largest absolute Gasteiger partial charge is 0.179 e. The van der Waals surface area contributed by atoms with Crippen molar-refractivity contribution in [1.82, 2.24) is 0 Å². The molecule has 0 unspecified atom stereocenters. The van der Waals surface area contributed by atoms with Gasteiger partial charge < -0.3 is 0 Å². The van der Waals surface area contributed by atoms with Gasteiger partial charge in [-0.25, -0.2) is 0 Å². The van der Waals surface area contributed by atoms with Gasteiger partial charge in [0.2, 0.25) is 0 Å². The van der Waals surface area contributed by atoms with Crippen molar-refractivity contribution in [1.29, 1.82) is 0 Å². The average molecular weight is 1210 g/mol. The first-order valence-corrected chi connectivity index (χ1v) is 36.5. The molecule has 2 aliphatic carbocycles. The second kappa shape index (κ2) is 21.6. The second-order valence-corrected chi connectivity index (χ2v) is 34.2. The number of rotatable bonds is 11. The third-order valence-corrected chi connectivity index (χ3v) is 30.7. The summed E-state index contributed by atoms with van der Waals surface area (Å²) in [7, 11) is -5.57. The molecule has 2 aliphatic rings. The molecular weight excluding hydrogens is 1140 g/mol. The highest BCUT2D eigenvalue weighted by Crippen LogP contribution is 2.54. The smallest absolute Gasteiger partial charge is 0.0623 e. The molecule has 436 valence electrons. The zero-order valence-corrected chi connectivity index (χ0v) is 54.3. The Morgan fingerprint density at radius 3 is 0.891 bits per heavy atom. The Labute approximate surface area is 542 Å². The quantitative estimate of drug-likeness (QED) is 0.0688. The van der Waals surface area contributed by atoms with Crippen molar-refractivity contribution in [3.05, 3.63) is 362 Å². The van der Waals surface area contributed by atoms with E-state index in [9.17, 15) is 0 Å². The topological polar surface area (TPSA) is 0 Å². The first kappa shape index (κ1) is 55.6. The second-order valence-electron chi connectivity index (χ2n) is 26.6. The van der Waals surface area contributed by atoms with E-state index in [2.05, 4.69) is 367 Å². The highest BCUT2D eigenvalue weighted by molar-refractivity contribution is 7.20. The van der Waals surface area contributed by atoms with Crippen LogP contribution in [0, 0.1) is 0 Å². The van der Waals surface area contributed by atoms with Crippen molar-refractivity contribution in [3.8, 4) is 55.6 Å². The van der Waals surface area contributed by atoms with Crippen LogP contribution in [0.3, 0.4) is 0 Å². The summed E-state index contributed by atoms with van der Waals surface area (Å²) in [5, 5.41) is 18.6. The van der Waals surface area contributed by atoms with E-state index in [1.807, 2.05) is 0 Å². The molecule has 0 bridgehead atoms. The molecule has 0 saturated carbocycles. The third-order valence-electron chi connectivity index (χ3n) is 21.1. The van der Waals surface area contributed by atoms with Crippen LogP contribution in [0.4, 0.5) is 0 Å². The van der Waals surface area contributed by atoms with Gasteiger partial charge in [0.25, 0.3) is 0 Å². The minimum atomic E-state index is -2.79. The predicted octanol–water partition coefficient (Wildman–Crippen LogP) is 17.5. The van der Waals surface area contributed by atoms with Crippen molar-refractivity contribution in [2.45, 2.75) is 38.5 Å². The molecule has 0 nitrogen and oxygen atoms in total. The van der Waals surface area contributed by atoms with Crippen molar-refractivity contribution in [3.63, 3.8) is 0 Å². The molecule has 0 saturated heterocycles. The van der Waals surface area contributed by atoms with Crippen LogP contribution in [0.15, 0.2) is 340 Å². The van der Waals surface area contributed by atoms with Crippen molar-refractivity contribution < 1.29 is 0 Å². The molecule has 0 aliphatic heterocycles. The summed E-state index contributed by atoms with van der Waals surface area (Å²) in [6.07, 6.45) is 0. The number of benzene rings is 15. The van der Waals surface area contributed by atoms with Gasteiger partial charge >= 0.3 is 0 Å². The molecule has 2 heteroatoms. The lowest BCUT2D eigenvalue weighted by Crippen LogP contribution is -2.74. The molecule has 0 amide bonds. The molecule has 15 aromatic rings. The summed E-state index contributed by atoms with van der Waals surface area (Å²) < 4.78 is 0. The molecule has 0 fully saturated rings. The molecule has 0 heterocycles. The van der Waals surface area contributed by atoms with Gasteiger partial charge in [-0.3, -0.25) is 0 Å². The van der Waals surface area contributed by atoms with E-state index in [1.54, 1.807) is 0 Å². The third kappa shape index (κ3) is 8.40. The fraction of sp³-hybridized carbons (Fsp3) is 0.0667. The van der Waals surface area contributed by atoms with Crippen LogP contribution in [-0.4, -0.2) is 16.1 Å². The maximum absolute atomic E-state index is 2.79. The van der Waals surface area contributed by atoms with Crippen molar-refractivity contribution in [2.75, 3.05) is 0 Å². The molecule has 0 aromatic heterocycles. The van der Waals surface area contributed by atoms with E-state index in [4.69, 9.17) is 0 Å². The number of hydrogen-bond donors (Lipinski definition) is 0. The van der Waals surface area contributed by atoms with E-state index >= 15 is 0 Å². The SMILES string of the molecule is CC1(C)c2cc(-c3c4ccccc4c(-c4ccc5c(c4)C(C)(C)c4cc([Si](c6ccccc6)(c6ccccc6)c6ccccc6)ccc4-5)c4cc(-c5ccc6ccccc6c5)ccc34)ccc2-c2ccc([Si](c3ccccc3)(c3ccccc3)c3ccccc3)cc21. The van der Waals surface area contributed by atoms with Gasteiger partial charge in [0.1, 0.15) is 0 Å². The number of fused-ring (bicyclic) bond motifs is 9. The minimum Gasteiger partial charge on any atom is -0.0623 e. The van der Waals surface area contributed by atoms with Crippen molar-refractivity contribution in [2.24, 2.45) is 0 Å². The maximum Gasteiger partial charge on any atom is 0.179 e. The highest BCUT2D eigenvalue weighted by atomic mass is 28.3. The van der Waals surface area contributed by atoms with E-state index in [0.717, 1.165) is 0 Å². The lowest BCUT2D eigenvalue weighted by atomic mass is 9.79. The van der Waals surface area contributed by atoms with Crippen LogP contribution < -0.4 is 41.5 Å². The maximum atomic E-state index is 2.61. The average Bonchev–Trinajstić information content (AvgIpc) is 1.37. The molecule has 92 heavy (non-hydrogen) atoms. The molecule has 0 atom stereocenters. The Bertz CT molecular complexity index is 5170. The Morgan fingerprint density at radius 2 is 0.489 bits per heavy atom. The summed E-state index contributed by atoms with van der Waals surface area (Å²) in [5.41, 5.74) is 17.6. The van der Waals surface area contributed by atoms with Crippen LogP contribution in [0.1, 0.15) is 49.9 Å². The molecule has 17 rings (SSSR count). The minimum absolute atomic E-state index is 0.292. The lowest BCUT2D eigenvalue weighted by molar-refractivity contribution is 0.661. The standard InChI is InChI=1S/C90H68Si2/c1-89(2)83-57-65(46-50-75(83)77-53-48-73(59-85(77)89)91(67-29-11-5-12-30-67,68-31-13-6-14-32-68)69-33-15-7-16-34-69)87-79-41-25-26-42-80(79)88(82-56-64(45-52-81(82)87)63-44-43-61-27-23-24-28-62(61)55-63)66-47-51-76-78-54-49-74(60-86(78)90(3,4)84(76)58-66)92(70-35-17-8-18-36-70,71-37-19-9-20-38-71)72-39-21-10-22-40-72/h5-60H,1-4H3. The zero-order chi connectivity index (χ0) is 61.8. The van der Waals surface area contributed by atoms with E-state index < -0.39 is 16.1 Å². The Morgan fingerprint density at radius 1 is 0.196 bits per heavy atom. The van der Waals surface area contributed by atoms with Gasteiger partial charge in [-0.15, -0.1) is 0 Å². The molecule has 0 N–H and O–H groups in total. The monoisotopic (exact) mass is 1200 g/mol. The van der Waals surface area contributed by atoms with Crippen LogP contribution in [0.5, 0.6) is 0 Å². The van der Waals surface area contributed by atoms with Crippen LogP contribution in [0.25, 0.3) is 88.0 Å². The summed E-state index contributed by atoms with van der Waals surface area (Å²) >= 11 is 0. The van der Waals surface area contributed by atoms with Gasteiger partial charge in [-0.2, -0.15) is 0 Å². The van der Waals surface area contributed by atoms with Gasteiger partial charge in [-0.1, -0.05) is 343 Å². The Hall–Kier alpha value is -10.5. The zero-order valence-electron chi connectivity index (χ0n) is 52.3. The first-order chi connectivity index (χ1) is 45.1. The Balaban J connectivity index is 0.837. The summed E-state index contributed by atoms with van der Waals surface area (Å²) in [6, 6.07) is 130. The number of hydrogen-bond acceptors (Lipinski definition) is 0. The molecule has 15 aromatic carbocycles. The molecular formula is C90H68Si2. The highest BCUT2D eigenvalue weighted by Gasteiger charge is 2.46. The summed E-state index contributed by atoms with van der Waals surface area (Å²) in [4.78, 5) is 0. The summed E-state index contributed by atoms with van der Waals surface area (Å²) in [6.45, 7) is 9.84. The molecule has 0 spiro atoms. The van der Waals surface area contributed by atoms with Gasteiger partial charge in [0.05, 0.1) is 0 Å². The fourth-order valence-corrected chi connectivity index (χ4v) is 26.3. The van der Waals surface area contributed by atoms with Gasteiger partial charge in [0, 0.05) is 10.8 Å². The van der Waals surface area contributed by atoms with Crippen LogP contribution in [-0.2, 0) is 10.8 Å². The molecule has 0 radical (unpaired) electrons. The Kier molecular flexibility index (Phi) is 13.0. The fourth-order valence-electron chi connectivity index (χ4n) is 16.7. The van der Waals surface area contributed by atoms with Gasteiger partial charge in [-0.05, 0) is 176 Å². The van der Waals surface area contributed by atoms with E-state index in [-0.39, 0.29) is 10.8 Å². The van der Waals surface area contributed by atoms with E-state index in [1.165, 1.54) is 152 Å².